The van der Waals surface area contributed by atoms with E-state index in [1.54, 1.807) is 28.8 Å². The predicted molar refractivity (Wildman–Crippen MR) is 102 cm³/mol. The first-order chi connectivity index (χ1) is 11.8. The maximum absolute atomic E-state index is 13.2. The molecule has 0 saturated carbocycles. The molecular formula is C19H21NO3S2. The van der Waals surface area contributed by atoms with Crippen LogP contribution in [0.25, 0.3) is 0 Å². The summed E-state index contributed by atoms with van der Waals surface area (Å²) < 4.78 is 23.7. The van der Waals surface area contributed by atoms with Gasteiger partial charge in [0.25, 0.3) is 5.91 Å². The fraction of sp³-hybridized carbons (Fsp3) is 0.316. The highest BCUT2D eigenvalue weighted by Gasteiger charge is 2.26. The second-order valence-electron chi connectivity index (χ2n) is 6.39. The van der Waals surface area contributed by atoms with Crippen LogP contribution in [0, 0.1) is 6.92 Å². The highest BCUT2D eigenvalue weighted by molar-refractivity contribution is 8.00. The molecule has 2 aromatic rings. The summed E-state index contributed by atoms with van der Waals surface area (Å²) in [4.78, 5) is 16.3. The van der Waals surface area contributed by atoms with Crippen molar-refractivity contribution in [3.8, 4) is 0 Å². The van der Waals surface area contributed by atoms with Crippen LogP contribution in [-0.2, 0) is 9.84 Å². The van der Waals surface area contributed by atoms with Crippen molar-refractivity contribution in [2.24, 2.45) is 0 Å². The molecule has 1 aliphatic rings. The third-order valence-electron chi connectivity index (χ3n) is 4.36. The largest absolute Gasteiger partial charge is 0.307 e. The molecule has 1 atom stereocenters. The summed E-state index contributed by atoms with van der Waals surface area (Å²) >= 11 is 1.77. The number of sulfone groups is 1. The van der Waals surface area contributed by atoms with Crippen molar-refractivity contribution in [2.45, 2.75) is 35.3 Å². The molecule has 132 valence electrons. The van der Waals surface area contributed by atoms with Gasteiger partial charge in [0.2, 0.25) is 0 Å². The van der Waals surface area contributed by atoms with Crippen molar-refractivity contribution in [2.75, 3.05) is 17.7 Å². The van der Waals surface area contributed by atoms with Crippen molar-refractivity contribution in [3.63, 3.8) is 0 Å². The first-order valence-corrected chi connectivity index (χ1v) is 10.9. The minimum Gasteiger partial charge on any atom is -0.307 e. The van der Waals surface area contributed by atoms with Crippen molar-refractivity contribution in [3.05, 3.63) is 53.6 Å². The lowest BCUT2D eigenvalue weighted by Crippen LogP contribution is -2.32. The number of para-hydroxylation sites is 1. The molecule has 0 spiro atoms. The Kier molecular flexibility index (Phi) is 4.93. The fourth-order valence-electron chi connectivity index (χ4n) is 2.91. The molecule has 0 bridgehead atoms. The van der Waals surface area contributed by atoms with E-state index in [9.17, 15) is 13.2 Å². The van der Waals surface area contributed by atoms with Crippen LogP contribution in [-0.4, -0.2) is 32.4 Å². The Morgan fingerprint density at radius 2 is 1.92 bits per heavy atom. The lowest BCUT2D eigenvalue weighted by Gasteiger charge is -2.23. The lowest BCUT2D eigenvalue weighted by atomic mass is 10.1. The van der Waals surface area contributed by atoms with Gasteiger partial charge in [-0.05, 0) is 43.2 Å². The normalized spacial score (nSPS) is 17.7. The molecule has 0 radical (unpaired) electrons. The first-order valence-electron chi connectivity index (χ1n) is 8.15. The molecule has 0 N–H and O–H groups in total. The summed E-state index contributed by atoms with van der Waals surface area (Å²) in [5.74, 6) is -0.148. The van der Waals surface area contributed by atoms with Crippen LogP contribution in [0.5, 0.6) is 0 Å². The van der Waals surface area contributed by atoms with Gasteiger partial charge in [0.05, 0.1) is 10.6 Å². The van der Waals surface area contributed by atoms with E-state index in [0.717, 1.165) is 28.8 Å². The van der Waals surface area contributed by atoms with Crippen molar-refractivity contribution in [1.82, 2.24) is 0 Å². The van der Waals surface area contributed by atoms with E-state index in [2.05, 4.69) is 6.92 Å². The van der Waals surface area contributed by atoms with Crippen LogP contribution < -0.4 is 4.90 Å². The van der Waals surface area contributed by atoms with Crippen LogP contribution in [0.1, 0.15) is 29.3 Å². The summed E-state index contributed by atoms with van der Waals surface area (Å²) in [5.41, 5.74) is 2.11. The Morgan fingerprint density at radius 3 is 2.64 bits per heavy atom. The molecule has 1 amide bonds. The molecule has 1 aliphatic heterocycles. The van der Waals surface area contributed by atoms with Crippen LogP contribution in [0.15, 0.2) is 52.3 Å². The maximum Gasteiger partial charge on any atom is 0.258 e. The van der Waals surface area contributed by atoms with Crippen molar-refractivity contribution in [1.29, 1.82) is 0 Å². The summed E-state index contributed by atoms with van der Waals surface area (Å²) in [6.45, 7) is 4.61. The van der Waals surface area contributed by atoms with Gasteiger partial charge in [-0.15, -0.1) is 11.8 Å². The van der Waals surface area contributed by atoms with Crippen LogP contribution >= 0.6 is 11.8 Å². The second kappa shape index (κ2) is 6.84. The lowest BCUT2D eigenvalue weighted by molar-refractivity contribution is 0.0985. The number of hydrogen-bond acceptors (Lipinski definition) is 4. The van der Waals surface area contributed by atoms with Gasteiger partial charge >= 0.3 is 0 Å². The van der Waals surface area contributed by atoms with E-state index in [1.807, 2.05) is 31.2 Å². The molecule has 3 rings (SSSR count). The van der Waals surface area contributed by atoms with Gasteiger partial charge in [-0.3, -0.25) is 4.79 Å². The van der Waals surface area contributed by atoms with Crippen LogP contribution in [0.3, 0.4) is 0 Å². The molecule has 0 fully saturated rings. The summed E-state index contributed by atoms with van der Waals surface area (Å²) in [6.07, 6.45) is 2.04. The number of nitrogens with zero attached hydrogens (tertiary/aromatic N) is 1. The van der Waals surface area contributed by atoms with Gasteiger partial charge in [-0.1, -0.05) is 25.1 Å². The Balaban J connectivity index is 2.07. The number of benzene rings is 2. The smallest absolute Gasteiger partial charge is 0.258 e. The average molecular weight is 376 g/mol. The first kappa shape index (κ1) is 18.0. The van der Waals surface area contributed by atoms with E-state index in [0.29, 0.717) is 17.4 Å². The molecule has 25 heavy (non-hydrogen) atoms. The molecule has 0 aromatic heterocycles. The van der Waals surface area contributed by atoms with Crippen LogP contribution in [0.4, 0.5) is 5.69 Å². The summed E-state index contributed by atoms with van der Waals surface area (Å²) in [5, 5.41) is 0.419. The van der Waals surface area contributed by atoms with Gasteiger partial charge in [0, 0.05) is 28.5 Å². The molecule has 0 saturated heterocycles. The number of fused-ring (bicyclic) bond motifs is 1. The van der Waals surface area contributed by atoms with Gasteiger partial charge in [-0.25, -0.2) is 8.42 Å². The third kappa shape index (κ3) is 3.75. The highest BCUT2D eigenvalue weighted by atomic mass is 32.2. The minimum atomic E-state index is -3.36. The number of hydrogen-bond donors (Lipinski definition) is 0. The Bertz CT molecular complexity index is 922. The quantitative estimate of drug-likeness (QED) is 0.798. The predicted octanol–water partition coefficient (Wildman–Crippen LogP) is 3.93. The van der Waals surface area contributed by atoms with Gasteiger partial charge in [0.1, 0.15) is 0 Å². The number of carbonyl (C=O) groups is 1. The average Bonchev–Trinajstić information content (AvgIpc) is 2.72. The third-order valence-corrected chi connectivity index (χ3v) is 6.70. The van der Waals surface area contributed by atoms with Crippen LogP contribution in [0.2, 0.25) is 0 Å². The number of amides is 1. The number of carbonyl (C=O) groups excluding carboxylic acids is 1. The number of rotatable bonds is 2. The molecule has 6 heteroatoms. The Morgan fingerprint density at radius 1 is 1.20 bits per heavy atom. The topological polar surface area (TPSA) is 54.5 Å². The zero-order chi connectivity index (χ0) is 18.2. The summed E-state index contributed by atoms with van der Waals surface area (Å²) in [6, 6.07) is 12.6. The monoisotopic (exact) mass is 375 g/mol. The number of aryl methyl sites for hydroxylation is 1. The van der Waals surface area contributed by atoms with Gasteiger partial charge in [-0.2, -0.15) is 0 Å². The maximum atomic E-state index is 13.2. The minimum absolute atomic E-state index is 0.148. The van der Waals surface area contributed by atoms with E-state index in [4.69, 9.17) is 0 Å². The Labute approximate surface area is 153 Å². The van der Waals surface area contributed by atoms with Gasteiger partial charge in [0.15, 0.2) is 9.84 Å². The molecule has 0 unspecified atom stereocenters. The SMILES string of the molecule is Cc1ccc(S(C)(=O)=O)cc1C(=O)N1CC[C@@H](C)Sc2ccccc21. The molecular weight excluding hydrogens is 354 g/mol. The molecule has 4 nitrogen and oxygen atoms in total. The van der Waals surface area contributed by atoms with E-state index >= 15 is 0 Å². The molecule has 1 heterocycles. The zero-order valence-electron chi connectivity index (χ0n) is 14.5. The second-order valence-corrected chi connectivity index (χ2v) is 9.89. The highest BCUT2D eigenvalue weighted by Crippen LogP contribution is 2.38. The van der Waals surface area contributed by atoms with Crippen molar-refractivity contribution < 1.29 is 13.2 Å². The van der Waals surface area contributed by atoms with Crippen molar-refractivity contribution >= 4 is 33.2 Å². The zero-order valence-corrected chi connectivity index (χ0v) is 16.2. The van der Waals surface area contributed by atoms with E-state index in [-0.39, 0.29) is 10.8 Å². The Hall–Kier alpha value is -1.79. The summed E-state index contributed by atoms with van der Waals surface area (Å²) in [7, 11) is -3.36. The standard InChI is InChI=1S/C19H21NO3S2/c1-13-8-9-15(25(3,22)23)12-16(13)19(21)20-11-10-14(2)24-18-7-5-4-6-17(18)20/h4-9,12,14H,10-11H2,1-3H3/t14-/m1/s1. The number of thioether (sulfide) groups is 1. The van der Waals surface area contributed by atoms with E-state index in [1.165, 1.54) is 6.07 Å². The van der Waals surface area contributed by atoms with E-state index < -0.39 is 9.84 Å². The van der Waals surface area contributed by atoms with Gasteiger partial charge < -0.3 is 4.90 Å². The molecule has 0 aliphatic carbocycles. The number of anilines is 1. The fourth-order valence-corrected chi connectivity index (χ4v) is 4.67. The molecule has 2 aromatic carbocycles.